The molecule has 8 aromatic rings. The van der Waals surface area contributed by atoms with Gasteiger partial charge in [-0.3, -0.25) is 0 Å². The van der Waals surface area contributed by atoms with Gasteiger partial charge in [-0.1, -0.05) is 174 Å². The van der Waals surface area contributed by atoms with Gasteiger partial charge in [-0.25, -0.2) is 0 Å². The van der Waals surface area contributed by atoms with Crippen molar-refractivity contribution < 1.29 is 0 Å². The molecule has 1 heteroatoms. The normalized spacial score (nSPS) is 16.0. The minimum Gasteiger partial charge on any atom is -0.310 e. The standard InChI is InChI=1S/C58H51N/c1-57(2)54-33-28-42(47-23-15-24-50-48-22-13-14-25-53(48)58(3,4)56(47)50)35-52(54)49-32-31-44(37-55(49)57)59(43-29-26-39(27-30-43)38-16-7-5-8-17-38)45-34-41-20-11-12-21-46(41)51(36-45)40-18-9-6-10-19-40/h6,9-15,18-38H,5,7-8,16-17H2,1-4H3. The van der Waals surface area contributed by atoms with Crippen LogP contribution in [0.25, 0.3) is 55.3 Å². The van der Waals surface area contributed by atoms with E-state index in [0.29, 0.717) is 5.92 Å². The first-order valence-corrected chi connectivity index (χ1v) is 21.8. The number of hydrogen-bond acceptors (Lipinski definition) is 1. The predicted molar refractivity (Wildman–Crippen MR) is 250 cm³/mol. The van der Waals surface area contributed by atoms with Crippen molar-refractivity contribution in [3.05, 3.63) is 198 Å². The molecule has 0 amide bonds. The van der Waals surface area contributed by atoms with Gasteiger partial charge in [0, 0.05) is 27.9 Å². The van der Waals surface area contributed by atoms with E-state index in [0.717, 1.165) is 0 Å². The number of fused-ring (bicyclic) bond motifs is 7. The highest BCUT2D eigenvalue weighted by atomic mass is 15.1. The van der Waals surface area contributed by atoms with Gasteiger partial charge in [-0.05, 0) is 144 Å². The second-order valence-corrected chi connectivity index (χ2v) is 18.4. The Morgan fingerprint density at radius 1 is 0.407 bits per heavy atom. The highest BCUT2D eigenvalue weighted by Crippen LogP contribution is 2.55. The van der Waals surface area contributed by atoms with Crippen LogP contribution in [0, 0.1) is 0 Å². The lowest BCUT2D eigenvalue weighted by Crippen LogP contribution is -2.17. The van der Waals surface area contributed by atoms with Crippen LogP contribution in [0.4, 0.5) is 17.1 Å². The Morgan fingerprint density at radius 3 is 1.92 bits per heavy atom. The summed E-state index contributed by atoms with van der Waals surface area (Å²) < 4.78 is 0. The molecule has 0 radical (unpaired) electrons. The van der Waals surface area contributed by atoms with Crippen molar-refractivity contribution >= 4 is 27.8 Å². The molecule has 0 atom stereocenters. The first kappa shape index (κ1) is 35.9. The molecule has 0 N–H and O–H groups in total. The summed E-state index contributed by atoms with van der Waals surface area (Å²) in [7, 11) is 0. The largest absolute Gasteiger partial charge is 0.310 e. The molecular weight excluding hydrogens is 711 g/mol. The first-order chi connectivity index (χ1) is 28.8. The molecule has 0 bridgehead atoms. The summed E-state index contributed by atoms with van der Waals surface area (Å²) in [6.45, 7) is 9.60. The zero-order chi connectivity index (χ0) is 39.9. The number of nitrogens with zero attached hydrogens (tertiary/aromatic N) is 1. The van der Waals surface area contributed by atoms with E-state index in [9.17, 15) is 0 Å². The Balaban J connectivity index is 1.05. The van der Waals surface area contributed by atoms with E-state index in [2.05, 4.69) is 202 Å². The van der Waals surface area contributed by atoms with Crippen molar-refractivity contribution in [3.8, 4) is 44.5 Å². The van der Waals surface area contributed by atoms with E-state index in [4.69, 9.17) is 0 Å². The monoisotopic (exact) mass is 761 g/mol. The third-order valence-corrected chi connectivity index (χ3v) is 14.2. The van der Waals surface area contributed by atoms with Crippen LogP contribution in [0.15, 0.2) is 170 Å². The Bertz CT molecular complexity index is 2910. The summed E-state index contributed by atoms with van der Waals surface area (Å²) in [6, 6.07) is 64.5. The molecule has 0 spiro atoms. The number of benzene rings is 8. The topological polar surface area (TPSA) is 3.24 Å². The van der Waals surface area contributed by atoms with Crippen LogP contribution in [0.5, 0.6) is 0 Å². The summed E-state index contributed by atoms with van der Waals surface area (Å²) in [6.07, 6.45) is 6.65. The minimum absolute atomic E-state index is 0.0746. The van der Waals surface area contributed by atoms with Crippen molar-refractivity contribution in [1.82, 2.24) is 0 Å². The SMILES string of the molecule is CC1(C)c2ccc(-c3cccc4c3C(C)(C)c3ccccc3-4)cc2-c2ccc(N(c3ccc(C4CCCCC4)cc3)c3cc(-c4ccccc4)c4ccccc4c3)cc21. The molecule has 11 rings (SSSR count). The zero-order valence-corrected chi connectivity index (χ0v) is 34.7. The first-order valence-electron chi connectivity index (χ1n) is 21.8. The summed E-state index contributed by atoms with van der Waals surface area (Å²) in [5.74, 6) is 0.666. The molecule has 0 saturated heterocycles. The Kier molecular flexibility index (Phi) is 8.35. The van der Waals surface area contributed by atoms with E-state index in [1.807, 2.05) is 0 Å². The van der Waals surface area contributed by atoms with E-state index in [1.165, 1.54) is 132 Å². The van der Waals surface area contributed by atoms with Gasteiger partial charge in [0.1, 0.15) is 0 Å². The molecule has 59 heavy (non-hydrogen) atoms. The fourth-order valence-electron chi connectivity index (χ4n) is 11.2. The van der Waals surface area contributed by atoms with Gasteiger partial charge in [-0.2, -0.15) is 0 Å². The van der Waals surface area contributed by atoms with Gasteiger partial charge >= 0.3 is 0 Å². The van der Waals surface area contributed by atoms with Crippen LogP contribution in [0.3, 0.4) is 0 Å². The molecule has 3 aliphatic carbocycles. The van der Waals surface area contributed by atoms with E-state index < -0.39 is 0 Å². The second kappa shape index (κ2) is 13.7. The van der Waals surface area contributed by atoms with Gasteiger partial charge in [0.25, 0.3) is 0 Å². The van der Waals surface area contributed by atoms with Crippen LogP contribution >= 0.6 is 0 Å². The second-order valence-electron chi connectivity index (χ2n) is 18.4. The lowest BCUT2D eigenvalue weighted by molar-refractivity contribution is 0.443. The lowest BCUT2D eigenvalue weighted by atomic mass is 9.78. The Morgan fingerprint density at radius 2 is 1.08 bits per heavy atom. The molecule has 0 aromatic heterocycles. The lowest BCUT2D eigenvalue weighted by Gasteiger charge is -2.29. The van der Waals surface area contributed by atoms with Crippen molar-refractivity contribution in [2.75, 3.05) is 4.90 Å². The third kappa shape index (κ3) is 5.73. The maximum absolute atomic E-state index is 2.50. The quantitative estimate of drug-likeness (QED) is 0.163. The van der Waals surface area contributed by atoms with Gasteiger partial charge in [0.05, 0.1) is 0 Å². The van der Waals surface area contributed by atoms with Crippen LogP contribution in [0.2, 0.25) is 0 Å². The molecule has 8 aromatic carbocycles. The molecule has 0 aliphatic heterocycles. The van der Waals surface area contributed by atoms with Gasteiger partial charge in [0.15, 0.2) is 0 Å². The summed E-state index contributed by atoms with van der Waals surface area (Å²) in [5.41, 5.74) is 20.9. The van der Waals surface area contributed by atoms with Crippen molar-refractivity contribution in [2.24, 2.45) is 0 Å². The molecular formula is C58H51N. The van der Waals surface area contributed by atoms with Crippen molar-refractivity contribution in [2.45, 2.75) is 76.5 Å². The number of rotatable bonds is 6. The predicted octanol–water partition coefficient (Wildman–Crippen LogP) is 16.3. The highest BCUT2D eigenvalue weighted by molar-refractivity contribution is 6.01. The maximum atomic E-state index is 2.50. The van der Waals surface area contributed by atoms with Crippen LogP contribution in [-0.2, 0) is 10.8 Å². The van der Waals surface area contributed by atoms with E-state index in [-0.39, 0.29) is 10.8 Å². The maximum Gasteiger partial charge on any atom is 0.0474 e. The van der Waals surface area contributed by atoms with Crippen molar-refractivity contribution in [1.29, 1.82) is 0 Å². The average Bonchev–Trinajstić information content (AvgIpc) is 3.66. The van der Waals surface area contributed by atoms with Crippen LogP contribution in [-0.4, -0.2) is 0 Å². The average molecular weight is 762 g/mol. The summed E-state index contributed by atoms with van der Waals surface area (Å²) in [4.78, 5) is 2.50. The summed E-state index contributed by atoms with van der Waals surface area (Å²) >= 11 is 0. The summed E-state index contributed by atoms with van der Waals surface area (Å²) in [5, 5.41) is 2.51. The molecule has 288 valence electrons. The molecule has 1 saturated carbocycles. The molecule has 0 unspecified atom stereocenters. The van der Waals surface area contributed by atoms with E-state index in [1.54, 1.807) is 0 Å². The number of anilines is 3. The zero-order valence-electron chi connectivity index (χ0n) is 34.7. The van der Waals surface area contributed by atoms with Crippen LogP contribution in [0.1, 0.15) is 93.5 Å². The molecule has 1 nitrogen and oxygen atoms in total. The smallest absolute Gasteiger partial charge is 0.0474 e. The number of hydrogen-bond donors (Lipinski definition) is 0. The fourth-order valence-corrected chi connectivity index (χ4v) is 11.2. The van der Waals surface area contributed by atoms with Gasteiger partial charge in [-0.15, -0.1) is 0 Å². The Labute approximate surface area is 350 Å². The van der Waals surface area contributed by atoms with Gasteiger partial charge in [0.2, 0.25) is 0 Å². The fraction of sp³-hybridized carbons (Fsp3) is 0.207. The highest BCUT2D eigenvalue weighted by Gasteiger charge is 2.39. The molecule has 3 aliphatic rings. The minimum atomic E-state index is -0.164. The molecule has 1 fully saturated rings. The van der Waals surface area contributed by atoms with Crippen molar-refractivity contribution in [3.63, 3.8) is 0 Å². The molecule has 0 heterocycles. The Hall–Kier alpha value is -6.18. The third-order valence-electron chi connectivity index (χ3n) is 14.2. The van der Waals surface area contributed by atoms with Gasteiger partial charge < -0.3 is 4.90 Å². The van der Waals surface area contributed by atoms with E-state index >= 15 is 0 Å². The van der Waals surface area contributed by atoms with Crippen LogP contribution < -0.4 is 4.90 Å².